The number of benzene rings is 2. The van der Waals surface area contributed by atoms with Crippen LogP contribution in [-0.4, -0.2) is 14.5 Å². The minimum atomic E-state index is -0.288. The second kappa shape index (κ2) is 4.94. The monoisotopic (exact) mass is 293 g/mol. The second-order valence-electron chi connectivity index (χ2n) is 5.72. The zero-order valence-electron chi connectivity index (χ0n) is 12.0. The number of nitro groups is 1. The lowest BCUT2D eigenvalue weighted by atomic mass is 9.94. The molecule has 0 saturated carbocycles. The van der Waals surface area contributed by atoms with Gasteiger partial charge in [0.05, 0.1) is 22.7 Å². The van der Waals surface area contributed by atoms with Gasteiger partial charge >= 0.3 is 0 Å². The number of non-ortho nitro benzene ring substituents is 1. The Morgan fingerprint density at radius 1 is 1.27 bits per heavy atom. The Morgan fingerprint density at radius 2 is 2.14 bits per heavy atom. The van der Waals surface area contributed by atoms with Gasteiger partial charge in [0.1, 0.15) is 0 Å². The first-order valence-electron chi connectivity index (χ1n) is 7.42. The van der Waals surface area contributed by atoms with Gasteiger partial charge in [0.25, 0.3) is 5.69 Å². The lowest BCUT2D eigenvalue weighted by Gasteiger charge is -2.26. The number of nitrogens with zero attached hydrogens (tertiary/aromatic N) is 3. The number of aryl methyl sites for hydroxylation is 1. The Balaban J connectivity index is 1.92. The number of nitro benzene ring substituents is 1. The van der Waals surface area contributed by atoms with Gasteiger partial charge in [-0.3, -0.25) is 10.1 Å². The van der Waals surface area contributed by atoms with E-state index in [4.69, 9.17) is 0 Å². The summed E-state index contributed by atoms with van der Waals surface area (Å²) in [7, 11) is 0. The minimum absolute atomic E-state index is 0.134. The van der Waals surface area contributed by atoms with Gasteiger partial charge in [-0.05, 0) is 42.3 Å². The number of hydrogen-bond donors (Lipinski definition) is 0. The summed E-state index contributed by atoms with van der Waals surface area (Å²) in [6.45, 7) is 0. The van der Waals surface area contributed by atoms with E-state index in [-0.39, 0.29) is 16.7 Å². The third-order valence-corrected chi connectivity index (χ3v) is 4.44. The predicted molar refractivity (Wildman–Crippen MR) is 83.9 cm³/mol. The molecule has 1 aliphatic rings. The smallest absolute Gasteiger partial charge is 0.277 e. The van der Waals surface area contributed by atoms with E-state index in [0.29, 0.717) is 5.39 Å². The van der Waals surface area contributed by atoms with Crippen LogP contribution in [0.25, 0.3) is 10.8 Å². The van der Waals surface area contributed by atoms with Crippen LogP contribution >= 0.6 is 0 Å². The van der Waals surface area contributed by atoms with Crippen LogP contribution in [0.1, 0.15) is 30.1 Å². The maximum atomic E-state index is 11.4. The number of aromatic nitrogens is 2. The predicted octanol–water partition coefficient (Wildman–Crippen LogP) is 3.87. The summed E-state index contributed by atoms with van der Waals surface area (Å²) in [5.41, 5.74) is 2.37. The van der Waals surface area contributed by atoms with Gasteiger partial charge < -0.3 is 4.57 Å². The third kappa shape index (κ3) is 1.97. The highest BCUT2D eigenvalue weighted by atomic mass is 16.6. The van der Waals surface area contributed by atoms with Gasteiger partial charge in [0.15, 0.2) is 0 Å². The molecule has 0 bridgehead atoms. The molecule has 3 aromatic rings. The van der Waals surface area contributed by atoms with Crippen LogP contribution in [0.4, 0.5) is 5.69 Å². The van der Waals surface area contributed by atoms with E-state index in [1.165, 1.54) is 5.69 Å². The normalized spacial score (nSPS) is 17.4. The maximum absolute atomic E-state index is 11.4. The molecule has 1 aliphatic heterocycles. The Kier molecular flexibility index (Phi) is 2.92. The molecule has 1 aromatic heterocycles. The molecule has 0 saturated heterocycles. The fraction of sp³-hybridized carbons (Fsp3) is 0.235. The number of rotatable bonds is 2. The van der Waals surface area contributed by atoms with Gasteiger partial charge in [-0.2, -0.15) is 0 Å². The summed E-state index contributed by atoms with van der Waals surface area (Å²) in [6, 6.07) is 11.4. The standard InChI is InChI=1S/C17H15N3O2/c21-20(22)17-9-13(8-12-4-1-2-6-15(12)17)16-7-3-5-14-10-18-11-19(14)16/h1-2,4,6,8-11,16H,3,5,7H2. The van der Waals surface area contributed by atoms with Crippen LogP contribution in [0.15, 0.2) is 48.9 Å². The first-order chi connectivity index (χ1) is 10.7. The number of fused-ring (bicyclic) bond motifs is 2. The first-order valence-corrected chi connectivity index (χ1v) is 7.42. The molecule has 2 heterocycles. The molecular weight excluding hydrogens is 278 g/mol. The fourth-order valence-electron chi connectivity index (χ4n) is 3.41. The quantitative estimate of drug-likeness (QED) is 0.532. The van der Waals surface area contributed by atoms with E-state index < -0.39 is 0 Å². The SMILES string of the molecule is O=[N+]([O-])c1cc(C2CCCc3cncn32)cc2ccccc12. The average Bonchev–Trinajstić information content (AvgIpc) is 3.02. The summed E-state index contributed by atoms with van der Waals surface area (Å²) >= 11 is 0. The van der Waals surface area contributed by atoms with E-state index in [2.05, 4.69) is 15.6 Å². The molecule has 0 amide bonds. The number of hydrogen-bond acceptors (Lipinski definition) is 3. The van der Waals surface area contributed by atoms with Crippen molar-refractivity contribution in [3.63, 3.8) is 0 Å². The van der Waals surface area contributed by atoms with Gasteiger partial charge in [-0.15, -0.1) is 0 Å². The Labute approximate surface area is 127 Å². The van der Waals surface area contributed by atoms with Crippen LogP contribution in [0, 0.1) is 10.1 Å². The highest BCUT2D eigenvalue weighted by Crippen LogP contribution is 2.35. The minimum Gasteiger partial charge on any atom is -0.327 e. The van der Waals surface area contributed by atoms with E-state index >= 15 is 0 Å². The zero-order valence-corrected chi connectivity index (χ0v) is 12.0. The van der Waals surface area contributed by atoms with Crippen molar-refractivity contribution < 1.29 is 4.92 Å². The third-order valence-electron chi connectivity index (χ3n) is 4.44. The molecule has 1 unspecified atom stereocenters. The van der Waals surface area contributed by atoms with E-state index in [9.17, 15) is 10.1 Å². The van der Waals surface area contributed by atoms with Crippen molar-refractivity contribution >= 4 is 16.5 Å². The van der Waals surface area contributed by atoms with E-state index in [0.717, 1.165) is 30.2 Å². The highest BCUT2D eigenvalue weighted by molar-refractivity contribution is 5.91. The molecule has 5 nitrogen and oxygen atoms in total. The van der Waals surface area contributed by atoms with Gasteiger partial charge in [-0.1, -0.05) is 18.2 Å². The molecule has 22 heavy (non-hydrogen) atoms. The average molecular weight is 293 g/mol. The lowest BCUT2D eigenvalue weighted by Crippen LogP contribution is -2.17. The molecule has 2 aromatic carbocycles. The molecule has 1 atom stereocenters. The molecule has 0 aliphatic carbocycles. The summed E-state index contributed by atoms with van der Waals surface area (Å²) in [5, 5.41) is 13.0. The van der Waals surface area contributed by atoms with Crippen LogP contribution in [-0.2, 0) is 6.42 Å². The van der Waals surface area contributed by atoms with Crippen molar-refractivity contribution in [1.82, 2.24) is 9.55 Å². The van der Waals surface area contributed by atoms with E-state index in [1.54, 1.807) is 12.1 Å². The highest BCUT2D eigenvalue weighted by Gasteiger charge is 2.24. The summed E-state index contributed by atoms with van der Waals surface area (Å²) in [6.07, 6.45) is 6.81. The molecule has 110 valence electrons. The molecule has 0 spiro atoms. The van der Waals surface area contributed by atoms with Crippen molar-refractivity contribution in [2.24, 2.45) is 0 Å². The number of imidazole rings is 1. The lowest BCUT2D eigenvalue weighted by molar-refractivity contribution is -0.383. The van der Waals surface area contributed by atoms with Crippen LogP contribution < -0.4 is 0 Å². The molecule has 0 fully saturated rings. The Bertz CT molecular complexity index is 869. The topological polar surface area (TPSA) is 61.0 Å². The van der Waals surface area contributed by atoms with Crippen molar-refractivity contribution in [1.29, 1.82) is 0 Å². The van der Waals surface area contributed by atoms with E-state index in [1.807, 2.05) is 30.7 Å². The zero-order chi connectivity index (χ0) is 15.1. The van der Waals surface area contributed by atoms with Crippen LogP contribution in [0.5, 0.6) is 0 Å². The molecular formula is C17H15N3O2. The first kappa shape index (κ1) is 13.0. The van der Waals surface area contributed by atoms with Crippen molar-refractivity contribution in [2.75, 3.05) is 0 Å². The van der Waals surface area contributed by atoms with Crippen LogP contribution in [0.2, 0.25) is 0 Å². The molecule has 0 N–H and O–H groups in total. The van der Waals surface area contributed by atoms with Gasteiger partial charge in [-0.25, -0.2) is 4.98 Å². The van der Waals surface area contributed by atoms with Gasteiger partial charge in [0, 0.05) is 18.0 Å². The fourth-order valence-corrected chi connectivity index (χ4v) is 3.41. The summed E-state index contributed by atoms with van der Waals surface area (Å²) in [5.74, 6) is 0. The van der Waals surface area contributed by atoms with Crippen LogP contribution in [0.3, 0.4) is 0 Å². The molecule has 5 heteroatoms. The summed E-state index contributed by atoms with van der Waals surface area (Å²) < 4.78 is 2.15. The molecule has 4 rings (SSSR count). The van der Waals surface area contributed by atoms with Gasteiger partial charge in [0.2, 0.25) is 0 Å². The van der Waals surface area contributed by atoms with Crippen molar-refractivity contribution in [2.45, 2.75) is 25.3 Å². The largest absolute Gasteiger partial charge is 0.327 e. The second-order valence-corrected chi connectivity index (χ2v) is 5.72. The van der Waals surface area contributed by atoms with Crippen molar-refractivity contribution in [3.8, 4) is 0 Å². The molecule has 0 radical (unpaired) electrons. The maximum Gasteiger partial charge on any atom is 0.277 e. The Hall–Kier alpha value is -2.69. The van der Waals surface area contributed by atoms with Crippen molar-refractivity contribution in [3.05, 3.63) is 70.3 Å². The Morgan fingerprint density at radius 3 is 3.00 bits per heavy atom. The summed E-state index contributed by atoms with van der Waals surface area (Å²) in [4.78, 5) is 15.4.